The number of aliphatic carboxylic acids is 1. The van der Waals surface area contributed by atoms with Gasteiger partial charge in [-0.15, -0.1) is 0 Å². The summed E-state index contributed by atoms with van der Waals surface area (Å²) in [5.41, 5.74) is 0. The molecule has 1 saturated heterocycles. The van der Waals surface area contributed by atoms with E-state index in [2.05, 4.69) is 0 Å². The molecular formula is C10H12F3NO3. The van der Waals surface area contributed by atoms with Crippen LogP contribution in [-0.2, 0) is 9.59 Å². The molecule has 3 unspecified atom stereocenters. The number of hydrogen-bond donors (Lipinski definition) is 1. The molecule has 4 nitrogen and oxygen atoms in total. The van der Waals surface area contributed by atoms with Gasteiger partial charge in [-0.2, -0.15) is 13.2 Å². The Bertz CT molecular complexity index is 355. The molecule has 2 rings (SSSR count). The van der Waals surface area contributed by atoms with Crippen LogP contribution in [0.5, 0.6) is 0 Å². The summed E-state index contributed by atoms with van der Waals surface area (Å²) in [5.74, 6) is -3.85. The average Bonchev–Trinajstić information content (AvgIpc) is 2.71. The fourth-order valence-corrected chi connectivity index (χ4v) is 2.92. The third-order valence-corrected chi connectivity index (χ3v) is 3.70. The van der Waals surface area contributed by atoms with Crippen LogP contribution >= 0.6 is 0 Å². The lowest BCUT2D eigenvalue weighted by atomic mass is 9.93. The fraction of sp³-hybridized carbons (Fsp3) is 0.800. The number of nitrogens with zero attached hydrogens (tertiary/aromatic N) is 1. The van der Waals surface area contributed by atoms with E-state index in [1.54, 1.807) is 0 Å². The van der Waals surface area contributed by atoms with Crippen molar-refractivity contribution in [1.82, 2.24) is 4.90 Å². The van der Waals surface area contributed by atoms with E-state index >= 15 is 0 Å². The van der Waals surface area contributed by atoms with Gasteiger partial charge >= 0.3 is 18.1 Å². The summed E-state index contributed by atoms with van der Waals surface area (Å²) in [6.45, 7) is -0.0488. The van der Waals surface area contributed by atoms with Crippen LogP contribution in [0.1, 0.15) is 12.8 Å². The summed E-state index contributed by atoms with van der Waals surface area (Å²) >= 11 is 0. The van der Waals surface area contributed by atoms with Crippen molar-refractivity contribution in [3.63, 3.8) is 0 Å². The number of amides is 1. The summed E-state index contributed by atoms with van der Waals surface area (Å²) in [4.78, 5) is 22.7. The Hall–Kier alpha value is -1.27. The van der Waals surface area contributed by atoms with Gasteiger partial charge < -0.3 is 10.0 Å². The first-order valence-corrected chi connectivity index (χ1v) is 5.39. The van der Waals surface area contributed by atoms with Crippen molar-refractivity contribution in [1.29, 1.82) is 0 Å². The predicted molar refractivity (Wildman–Crippen MR) is 50.0 cm³/mol. The van der Waals surface area contributed by atoms with Gasteiger partial charge in [0.05, 0.1) is 5.92 Å². The van der Waals surface area contributed by atoms with Crippen LogP contribution in [0, 0.1) is 17.8 Å². The van der Waals surface area contributed by atoms with Crippen LogP contribution in [0.2, 0.25) is 0 Å². The van der Waals surface area contributed by atoms with Crippen molar-refractivity contribution < 1.29 is 27.9 Å². The molecule has 7 heteroatoms. The zero-order valence-corrected chi connectivity index (χ0v) is 8.91. The predicted octanol–water partition coefficient (Wildman–Crippen LogP) is 1.12. The van der Waals surface area contributed by atoms with Gasteiger partial charge in [0.1, 0.15) is 0 Å². The van der Waals surface area contributed by atoms with Crippen molar-refractivity contribution in [3.8, 4) is 0 Å². The van der Waals surface area contributed by atoms with Gasteiger partial charge in [-0.05, 0) is 24.7 Å². The van der Waals surface area contributed by atoms with E-state index < -0.39 is 24.0 Å². The molecule has 0 aromatic heterocycles. The quantitative estimate of drug-likeness (QED) is 0.759. The summed E-state index contributed by atoms with van der Waals surface area (Å²) in [6.07, 6.45) is -3.78. The maximum Gasteiger partial charge on any atom is 0.471 e. The molecule has 2 aliphatic rings. The number of carboxylic acids is 1. The van der Waals surface area contributed by atoms with Crippen LogP contribution in [0.15, 0.2) is 0 Å². The largest absolute Gasteiger partial charge is 0.481 e. The van der Waals surface area contributed by atoms with Crippen LogP contribution in [-0.4, -0.2) is 41.1 Å². The zero-order valence-electron chi connectivity index (χ0n) is 8.91. The lowest BCUT2D eigenvalue weighted by molar-refractivity contribution is -0.184. The fourth-order valence-electron chi connectivity index (χ4n) is 2.92. The molecule has 1 amide bonds. The van der Waals surface area contributed by atoms with E-state index in [0.29, 0.717) is 12.8 Å². The number of alkyl halides is 3. The SMILES string of the molecule is O=C(O)C1CCC2CN(C(=O)C(F)(F)F)CC21. The molecule has 1 aliphatic carbocycles. The van der Waals surface area contributed by atoms with Gasteiger partial charge in [-0.1, -0.05) is 0 Å². The summed E-state index contributed by atoms with van der Waals surface area (Å²) < 4.78 is 36.7. The third kappa shape index (κ3) is 2.10. The highest BCUT2D eigenvalue weighted by Crippen LogP contribution is 2.43. The van der Waals surface area contributed by atoms with E-state index in [1.165, 1.54) is 0 Å². The molecule has 0 spiro atoms. The van der Waals surface area contributed by atoms with E-state index in [9.17, 15) is 22.8 Å². The van der Waals surface area contributed by atoms with Gasteiger partial charge in [0.25, 0.3) is 0 Å². The second-order valence-corrected chi connectivity index (χ2v) is 4.65. The molecule has 0 aromatic rings. The molecule has 0 radical (unpaired) electrons. The van der Waals surface area contributed by atoms with Gasteiger partial charge in [-0.3, -0.25) is 9.59 Å². The lowest BCUT2D eigenvalue weighted by Gasteiger charge is -2.19. The molecule has 0 bridgehead atoms. The van der Waals surface area contributed by atoms with Crippen molar-refractivity contribution in [2.24, 2.45) is 17.8 Å². The Labute approximate surface area is 95.4 Å². The smallest absolute Gasteiger partial charge is 0.471 e. The number of carbonyl (C=O) groups is 2. The van der Waals surface area contributed by atoms with Crippen LogP contribution in [0.4, 0.5) is 13.2 Å². The van der Waals surface area contributed by atoms with Gasteiger partial charge in [0.2, 0.25) is 0 Å². The Morgan fingerprint density at radius 2 is 1.82 bits per heavy atom. The molecule has 96 valence electrons. The molecule has 1 heterocycles. The Morgan fingerprint density at radius 1 is 1.18 bits per heavy atom. The Balaban J connectivity index is 2.06. The second kappa shape index (κ2) is 3.89. The first kappa shape index (κ1) is 12.2. The first-order valence-electron chi connectivity index (χ1n) is 5.39. The highest BCUT2D eigenvalue weighted by molar-refractivity contribution is 5.82. The number of rotatable bonds is 1. The number of carbonyl (C=O) groups excluding carboxylic acids is 1. The molecule has 0 aromatic carbocycles. The normalized spacial score (nSPS) is 32.6. The molecule has 1 aliphatic heterocycles. The van der Waals surface area contributed by atoms with Crippen molar-refractivity contribution in [2.75, 3.05) is 13.1 Å². The molecule has 1 N–H and O–H groups in total. The van der Waals surface area contributed by atoms with Crippen LogP contribution < -0.4 is 0 Å². The molecule has 2 fully saturated rings. The van der Waals surface area contributed by atoms with E-state index in [0.717, 1.165) is 4.90 Å². The maximum absolute atomic E-state index is 12.2. The van der Waals surface area contributed by atoms with E-state index in [-0.39, 0.29) is 24.9 Å². The van der Waals surface area contributed by atoms with Gasteiger partial charge in [0.15, 0.2) is 0 Å². The standard InChI is InChI=1S/C10H12F3NO3/c11-10(12,13)9(17)14-3-5-1-2-6(8(15)16)7(5)4-14/h5-7H,1-4H2,(H,15,16). The lowest BCUT2D eigenvalue weighted by Crippen LogP contribution is -2.40. The minimum absolute atomic E-state index is 0.0345. The van der Waals surface area contributed by atoms with E-state index in [4.69, 9.17) is 5.11 Å². The second-order valence-electron chi connectivity index (χ2n) is 4.65. The summed E-state index contributed by atoms with van der Waals surface area (Å²) in [5, 5.41) is 8.92. The summed E-state index contributed by atoms with van der Waals surface area (Å²) in [7, 11) is 0. The van der Waals surface area contributed by atoms with Gasteiger partial charge in [0, 0.05) is 13.1 Å². The number of hydrogen-bond acceptors (Lipinski definition) is 2. The molecule has 1 saturated carbocycles. The minimum Gasteiger partial charge on any atom is -0.481 e. The van der Waals surface area contributed by atoms with E-state index in [1.807, 2.05) is 0 Å². The Morgan fingerprint density at radius 3 is 2.35 bits per heavy atom. The first-order chi connectivity index (χ1) is 7.80. The molecular weight excluding hydrogens is 239 g/mol. The number of carboxylic acid groups (broad SMARTS) is 1. The highest BCUT2D eigenvalue weighted by atomic mass is 19.4. The molecule has 17 heavy (non-hydrogen) atoms. The highest BCUT2D eigenvalue weighted by Gasteiger charge is 2.51. The third-order valence-electron chi connectivity index (χ3n) is 3.70. The maximum atomic E-state index is 12.2. The van der Waals surface area contributed by atoms with Crippen molar-refractivity contribution in [2.45, 2.75) is 19.0 Å². The Kier molecular flexibility index (Phi) is 2.79. The van der Waals surface area contributed by atoms with Crippen molar-refractivity contribution in [3.05, 3.63) is 0 Å². The van der Waals surface area contributed by atoms with Gasteiger partial charge in [-0.25, -0.2) is 0 Å². The van der Waals surface area contributed by atoms with Crippen LogP contribution in [0.25, 0.3) is 0 Å². The summed E-state index contributed by atoms with van der Waals surface area (Å²) in [6, 6.07) is 0. The average molecular weight is 251 g/mol. The monoisotopic (exact) mass is 251 g/mol. The van der Waals surface area contributed by atoms with Crippen molar-refractivity contribution >= 4 is 11.9 Å². The topological polar surface area (TPSA) is 57.6 Å². The number of halogens is 3. The minimum atomic E-state index is -4.86. The molecule has 3 atom stereocenters. The zero-order chi connectivity index (χ0) is 12.8. The number of likely N-dealkylation sites (tertiary alicyclic amines) is 1. The van der Waals surface area contributed by atoms with Crippen LogP contribution in [0.3, 0.4) is 0 Å². The number of fused-ring (bicyclic) bond motifs is 1.